The minimum absolute atomic E-state index is 0.0416. The molecule has 0 heterocycles. The Bertz CT molecular complexity index is 951. The first kappa shape index (κ1) is 26.9. The molecule has 0 radical (unpaired) electrons. The minimum atomic E-state index is -1.21. The molecule has 0 saturated heterocycles. The van der Waals surface area contributed by atoms with Crippen molar-refractivity contribution in [1.29, 1.82) is 0 Å². The SMILES string of the molecule is CC(C)(C)C(=O)c1ccc(C(=O)OCC(O)COC(=O)c2ccc(C(=O)C(C)(C)C)cc2)cc1. The number of aliphatic hydroxyl groups excluding tert-OH is 1. The Hall–Kier alpha value is -3.32. The summed E-state index contributed by atoms with van der Waals surface area (Å²) in [5, 5.41) is 10.0. The van der Waals surface area contributed by atoms with Crippen molar-refractivity contribution in [3.8, 4) is 0 Å². The van der Waals surface area contributed by atoms with Gasteiger partial charge in [-0.3, -0.25) is 9.59 Å². The Morgan fingerprint density at radius 1 is 0.618 bits per heavy atom. The molecule has 0 aromatic heterocycles. The van der Waals surface area contributed by atoms with Crippen LogP contribution in [0.15, 0.2) is 48.5 Å². The van der Waals surface area contributed by atoms with Gasteiger partial charge in [0.1, 0.15) is 19.3 Å². The maximum absolute atomic E-state index is 12.3. The standard InChI is InChI=1S/C27H32O7/c1-26(2,3)22(29)17-7-11-19(12-8-17)24(31)33-15-21(28)16-34-25(32)20-13-9-18(10-14-20)23(30)27(4,5)6/h7-14,21,28H,15-16H2,1-6H3. The van der Waals surface area contributed by atoms with E-state index in [9.17, 15) is 24.3 Å². The third-order valence-electron chi connectivity index (χ3n) is 4.94. The van der Waals surface area contributed by atoms with Gasteiger partial charge in [0.15, 0.2) is 11.6 Å². The quantitative estimate of drug-likeness (QED) is 0.448. The van der Waals surface area contributed by atoms with E-state index in [1.807, 2.05) is 41.5 Å². The van der Waals surface area contributed by atoms with Crippen LogP contribution in [0.3, 0.4) is 0 Å². The predicted molar refractivity (Wildman–Crippen MR) is 127 cm³/mol. The summed E-state index contributed by atoms with van der Waals surface area (Å²) in [7, 11) is 0. The molecule has 34 heavy (non-hydrogen) atoms. The van der Waals surface area contributed by atoms with Crippen LogP contribution >= 0.6 is 0 Å². The molecule has 1 N–H and O–H groups in total. The van der Waals surface area contributed by atoms with Crippen LogP contribution in [-0.2, 0) is 9.47 Å². The van der Waals surface area contributed by atoms with E-state index >= 15 is 0 Å². The Morgan fingerprint density at radius 2 is 0.882 bits per heavy atom. The van der Waals surface area contributed by atoms with Crippen LogP contribution in [0, 0.1) is 10.8 Å². The number of Topliss-reactive ketones (excluding diaryl/α,β-unsaturated/α-hetero) is 2. The minimum Gasteiger partial charge on any atom is -0.459 e. The van der Waals surface area contributed by atoms with Gasteiger partial charge in [-0.05, 0) is 24.3 Å². The first-order valence-corrected chi connectivity index (χ1v) is 11.0. The summed E-state index contributed by atoms with van der Waals surface area (Å²) >= 11 is 0. The van der Waals surface area contributed by atoms with Crippen molar-refractivity contribution in [2.45, 2.75) is 47.6 Å². The highest BCUT2D eigenvalue weighted by Gasteiger charge is 2.24. The van der Waals surface area contributed by atoms with Gasteiger partial charge >= 0.3 is 11.9 Å². The number of carbonyl (C=O) groups excluding carboxylic acids is 4. The zero-order valence-electron chi connectivity index (χ0n) is 20.5. The number of esters is 2. The Morgan fingerprint density at radius 3 is 1.15 bits per heavy atom. The molecule has 7 nitrogen and oxygen atoms in total. The molecule has 0 aliphatic heterocycles. The molecular weight excluding hydrogens is 436 g/mol. The largest absolute Gasteiger partial charge is 0.459 e. The summed E-state index contributed by atoms with van der Waals surface area (Å²) in [5.74, 6) is -1.42. The van der Waals surface area contributed by atoms with Crippen molar-refractivity contribution in [3.05, 3.63) is 70.8 Å². The van der Waals surface area contributed by atoms with Crippen LogP contribution in [-0.4, -0.2) is 47.9 Å². The maximum Gasteiger partial charge on any atom is 0.338 e. The number of aliphatic hydroxyl groups is 1. The first-order chi connectivity index (χ1) is 15.7. The molecule has 182 valence electrons. The van der Waals surface area contributed by atoms with Crippen LogP contribution < -0.4 is 0 Å². The van der Waals surface area contributed by atoms with E-state index < -0.39 is 28.9 Å². The van der Waals surface area contributed by atoms with E-state index in [1.54, 1.807) is 24.3 Å². The smallest absolute Gasteiger partial charge is 0.338 e. The van der Waals surface area contributed by atoms with Gasteiger partial charge in [0, 0.05) is 22.0 Å². The number of ether oxygens (including phenoxy) is 2. The number of ketones is 2. The molecule has 0 aliphatic carbocycles. The van der Waals surface area contributed by atoms with Crippen molar-refractivity contribution in [3.63, 3.8) is 0 Å². The molecular formula is C27H32O7. The van der Waals surface area contributed by atoms with Gasteiger partial charge in [0.2, 0.25) is 0 Å². The lowest BCUT2D eigenvalue weighted by Gasteiger charge is -2.17. The average molecular weight is 469 g/mol. The maximum atomic E-state index is 12.3. The topological polar surface area (TPSA) is 107 Å². The highest BCUT2D eigenvalue weighted by molar-refractivity contribution is 6.01. The third-order valence-corrected chi connectivity index (χ3v) is 4.94. The van der Waals surface area contributed by atoms with Crippen molar-refractivity contribution in [2.24, 2.45) is 10.8 Å². The van der Waals surface area contributed by atoms with Gasteiger partial charge in [0.05, 0.1) is 11.1 Å². The summed E-state index contributed by atoms with van der Waals surface area (Å²) < 4.78 is 10.1. The summed E-state index contributed by atoms with van der Waals surface area (Å²) in [6, 6.07) is 12.2. The van der Waals surface area contributed by atoms with E-state index in [1.165, 1.54) is 24.3 Å². The Balaban J connectivity index is 1.83. The first-order valence-electron chi connectivity index (χ1n) is 11.0. The molecule has 0 bridgehead atoms. The highest BCUT2D eigenvalue weighted by Crippen LogP contribution is 2.22. The summed E-state index contributed by atoms with van der Waals surface area (Å²) in [6.07, 6.45) is -1.21. The van der Waals surface area contributed by atoms with Gasteiger partial charge in [-0.25, -0.2) is 9.59 Å². The van der Waals surface area contributed by atoms with Crippen LogP contribution in [0.5, 0.6) is 0 Å². The van der Waals surface area contributed by atoms with Gasteiger partial charge in [-0.2, -0.15) is 0 Å². The zero-order valence-corrected chi connectivity index (χ0v) is 20.5. The molecule has 0 spiro atoms. The summed E-state index contributed by atoms with van der Waals surface area (Å²) in [4.78, 5) is 48.9. The normalized spacial score (nSPS) is 11.8. The van der Waals surface area contributed by atoms with Crippen LogP contribution in [0.2, 0.25) is 0 Å². The number of hydrogen-bond donors (Lipinski definition) is 1. The average Bonchev–Trinajstić information content (AvgIpc) is 2.79. The molecule has 0 aliphatic rings. The number of benzene rings is 2. The van der Waals surface area contributed by atoms with Crippen molar-refractivity contribution < 1.29 is 33.8 Å². The fourth-order valence-corrected chi connectivity index (χ4v) is 2.94. The van der Waals surface area contributed by atoms with E-state index in [0.29, 0.717) is 11.1 Å². The lowest BCUT2D eigenvalue weighted by Crippen LogP contribution is -2.25. The van der Waals surface area contributed by atoms with Gasteiger partial charge in [-0.15, -0.1) is 0 Å². The van der Waals surface area contributed by atoms with E-state index in [0.717, 1.165) is 0 Å². The number of hydrogen-bond acceptors (Lipinski definition) is 7. The van der Waals surface area contributed by atoms with E-state index in [2.05, 4.69) is 0 Å². The summed E-state index contributed by atoms with van der Waals surface area (Å²) in [5.41, 5.74) is 0.392. The zero-order chi connectivity index (χ0) is 25.7. The lowest BCUT2D eigenvalue weighted by molar-refractivity contribution is -0.00471. The molecule has 0 saturated carbocycles. The molecule has 7 heteroatoms. The predicted octanol–water partition coefficient (Wildman–Crippen LogP) is 4.52. The van der Waals surface area contributed by atoms with E-state index in [-0.39, 0.29) is 35.9 Å². The Kier molecular flexibility index (Phi) is 8.51. The summed E-state index contributed by atoms with van der Waals surface area (Å²) in [6.45, 7) is 10.2. The Labute approximate surface area is 200 Å². The van der Waals surface area contributed by atoms with Gasteiger partial charge in [0.25, 0.3) is 0 Å². The van der Waals surface area contributed by atoms with Gasteiger partial charge in [-0.1, -0.05) is 65.8 Å². The fraction of sp³-hybridized carbons (Fsp3) is 0.407. The highest BCUT2D eigenvalue weighted by atomic mass is 16.6. The fourth-order valence-electron chi connectivity index (χ4n) is 2.94. The van der Waals surface area contributed by atoms with Crippen molar-refractivity contribution in [1.82, 2.24) is 0 Å². The molecule has 0 fully saturated rings. The third kappa shape index (κ3) is 7.35. The molecule has 0 amide bonds. The van der Waals surface area contributed by atoms with Crippen molar-refractivity contribution >= 4 is 23.5 Å². The lowest BCUT2D eigenvalue weighted by atomic mass is 9.86. The number of rotatable bonds is 8. The molecule has 2 rings (SSSR count). The van der Waals surface area contributed by atoms with Crippen molar-refractivity contribution in [2.75, 3.05) is 13.2 Å². The molecule has 0 atom stereocenters. The van der Waals surface area contributed by atoms with Crippen LogP contribution in [0.25, 0.3) is 0 Å². The molecule has 0 unspecified atom stereocenters. The second-order valence-corrected chi connectivity index (χ2v) is 10.2. The molecule has 2 aromatic rings. The second-order valence-electron chi connectivity index (χ2n) is 10.2. The van der Waals surface area contributed by atoms with E-state index in [4.69, 9.17) is 9.47 Å². The van der Waals surface area contributed by atoms with Crippen LogP contribution in [0.4, 0.5) is 0 Å². The molecule has 2 aromatic carbocycles. The monoisotopic (exact) mass is 468 g/mol. The number of carbonyl (C=O) groups is 4. The van der Waals surface area contributed by atoms with Gasteiger partial charge < -0.3 is 14.6 Å². The van der Waals surface area contributed by atoms with Crippen LogP contribution in [0.1, 0.15) is 83.0 Å². The second kappa shape index (κ2) is 10.7.